The van der Waals surface area contributed by atoms with Crippen molar-refractivity contribution in [2.45, 2.75) is 31.9 Å². The summed E-state index contributed by atoms with van der Waals surface area (Å²) in [6.45, 7) is 1.14. The van der Waals surface area contributed by atoms with Crippen LogP contribution in [0.2, 0.25) is 0 Å². The molecule has 0 aliphatic heterocycles. The molecule has 3 aromatic carbocycles. The number of hydrogen-bond acceptors (Lipinski definition) is 6. The van der Waals surface area contributed by atoms with Crippen molar-refractivity contribution in [1.82, 2.24) is 0 Å². The van der Waals surface area contributed by atoms with Gasteiger partial charge in [-0.2, -0.15) is 13.2 Å². The first-order valence-corrected chi connectivity index (χ1v) is 11.6. The highest BCUT2D eigenvalue weighted by molar-refractivity contribution is 5.76. The van der Waals surface area contributed by atoms with Crippen molar-refractivity contribution in [3.05, 3.63) is 82.9 Å². The van der Waals surface area contributed by atoms with E-state index in [2.05, 4.69) is 0 Å². The number of halogens is 3. The van der Waals surface area contributed by atoms with Gasteiger partial charge in [0, 0.05) is 26.9 Å². The van der Waals surface area contributed by atoms with Crippen LogP contribution in [-0.4, -0.2) is 39.2 Å². The molecule has 0 amide bonds. The maximum atomic E-state index is 13.7. The third-order valence-corrected chi connectivity index (χ3v) is 5.94. The van der Waals surface area contributed by atoms with Gasteiger partial charge in [-0.1, -0.05) is 42.5 Å². The Kier molecular flexibility index (Phi) is 9.73. The van der Waals surface area contributed by atoms with E-state index in [1.165, 1.54) is 27.4 Å². The van der Waals surface area contributed by atoms with Gasteiger partial charge in [-0.05, 0) is 41.8 Å². The normalized spacial score (nSPS) is 12.4. The summed E-state index contributed by atoms with van der Waals surface area (Å²) in [5, 5.41) is 9.17. The minimum absolute atomic E-state index is 0.0502. The van der Waals surface area contributed by atoms with E-state index in [0.29, 0.717) is 16.9 Å². The lowest BCUT2D eigenvalue weighted by atomic mass is 9.97. The highest BCUT2D eigenvalue weighted by Gasteiger charge is 2.38. The van der Waals surface area contributed by atoms with Crippen LogP contribution in [0.1, 0.15) is 41.4 Å². The van der Waals surface area contributed by atoms with E-state index in [-0.39, 0.29) is 12.2 Å². The summed E-state index contributed by atoms with van der Waals surface area (Å²) >= 11 is 0. The minimum atomic E-state index is -4.68. The van der Waals surface area contributed by atoms with Gasteiger partial charge in [0.1, 0.15) is 18.1 Å². The largest absolute Gasteiger partial charge is 0.489 e. The monoisotopic (exact) mass is 534 g/mol. The van der Waals surface area contributed by atoms with Crippen LogP contribution < -0.4 is 9.47 Å². The minimum Gasteiger partial charge on any atom is -0.489 e. The number of alkyl halides is 3. The van der Waals surface area contributed by atoms with E-state index in [4.69, 9.17) is 23.7 Å². The van der Waals surface area contributed by atoms with Crippen molar-refractivity contribution in [2.75, 3.05) is 28.1 Å². The molecule has 0 saturated heterocycles. The molecule has 204 valence electrons. The lowest BCUT2D eigenvalue weighted by Crippen LogP contribution is -2.17. The second-order valence-corrected chi connectivity index (χ2v) is 8.36. The molecule has 0 radical (unpaired) electrons. The molecule has 0 saturated carbocycles. The molecular formula is C28H29F3O7. The Morgan fingerprint density at radius 3 is 1.95 bits per heavy atom. The van der Waals surface area contributed by atoms with Crippen molar-refractivity contribution >= 4 is 5.97 Å². The molecule has 3 rings (SSSR count). The van der Waals surface area contributed by atoms with Crippen molar-refractivity contribution in [2.24, 2.45) is 0 Å². The van der Waals surface area contributed by atoms with Crippen LogP contribution in [0.25, 0.3) is 11.1 Å². The number of rotatable bonds is 12. The fourth-order valence-electron chi connectivity index (χ4n) is 3.86. The molecule has 38 heavy (non-hydrogen) atoms. The van der Waals surface area contributed by atoms with Gasteiger partial charge in [0.25, 0.3) is 0 Å². The van der Waals surface area contributed by atoms with E-state index in [0.717, 1.165) is 17.2 Å². The first-order valence-electron chi connectivity index (χ1n) is 11.6. The van der Waals surface area contributed by atoms with Crippen molar-refractivity contribution < 1.29 is 46.8 Å². The van der Waals surface area contributed by atoms with Crippen molar-refractivity contribution in [3.63, 3.8) is 0 Å². The molecule has 1 atom stereocenters. The summed E-state index contributed by atoms with van der Waals surface area (Å²) in [6, 6.07) is 16.6. The quantitative estimate of drug-likeness (QED) is 0.269. The lowest BCUT2D eigenvalue weighted by Gasteiger charge is -2.24. The van der Waals surface area contributed by atoms with Gasteiger partial charge in [-0.3, -0.25) is 4.79 Å². The van der Waals surface area contributed by atoms with Gasteiger partial charge in [0.15, 0.2) is 13.1 Å². The van der Waals surface area contributed by atoms with E-state index in [1.54, 1.807) is 31.2 Å². The molecule has 1 unspecified atom stereocenters. The summed E-state index contributed by atoms with van der Waals surface area (Å²) in [6.07, 6.45) is -5.82. The van der Waals surface area contributed by atoms with Crippen LogP contribution in [0.3, 0.4) is 0 Å². The number of hydrogen-bond donors (Lipinski definition) is 1. The SMILES string of the molecule is COCOc1c(C(F)(F)F)ccc(COc2ccc(-c3ccc(C(C)C(=O)O)cc3)cc2)c1C(OC)OC. The Bertz CT molecular complexity index is 1200. The maximum absolute atomic E-state index is 13.7. The zero-order valence-corrected chi connectivity index (χ0v) is 21.4. The van der Waals surface area contributed by atoms with Gasteiger partial charge in [-0.15, -0.1) is 0 Å². The first-order chi connectivity index (χ1) is 18.1. The lowest BCUT2D eigenvalue weighted by molar-refractivity contribution is -0.141. The topological polar surface area (TPSA) is 83.5 Å². The van der Waals surface area contributed by atoms with Crippen LogP contribution in [0.15, 0.2) is 60.7 Å². The van der Waals surface area contributed by atoms with Crippen molar-refractivity contribution in [3.8, 4) is 22.6 Å². The molecule has 0 bridgehead atoms. The van der Waals surface area contributed by atoms with E-state index < -0.39 is 42.5 Å². The zero-order chi connectivity index (χ0) is 27.9. The van der Waals surface area contributed by atoms with Crippen LogP contribution in [0.5, 0.6) is 11.5 Å². The molecule has 0 fully saturated rings. The molecule has 3 aromatic rings. The highest BCUT2D eigenvalue weighted by Crippen LogP contribution is 2.43. The molecule has 0 aliphatic carbocycles. The van der Waals surface area contributed by atoms with Crippen LogP contribution >= 0.6 is 0 Å². The van der Waals surface area contributed by atoms with E-state index in [9.17, 15) is 23.1 Å². The molecule has 7 nitrogen and oxygen atoms in total. The number of aliphatic carboxylic acids is 1. The molecule has 0 spiro atoms. The Balaban J connectivity index is 1.85. The molecule has 0 aromatic heterocycles. The Hall–Kier alpha value is -3.60. The number of ether oxygens (including phenoxy) is 5. The standard InChI is InChI=1S/C28H29F3O7/c1-17(26(32)33)18-5-7-19(8-6-18)20-9-12-22(13-10-20)37-15-21-11-14-23(28(29,30)31)25(38-16-34-2)24(21)27(35-3)36-4/h5-14,17,27H,15-16H2,1-4H3,(H,32,33). The Labute approximate surface area is 218 Å². The number of benzene rings is 3. The molecule has 10 heteroatoms. The Morgan fingerprint density at radius 1 is 0.868 bits per heavy atom. The zero-order valence-electron chi connectivity index (χ0n) is 21.4. The van der Waals surface area contributed by atoms with Gasteiger partial charge in [-0.25, -0.2) is 0 Å². The second-order valence-electron chi connectivity index (χ2n) is 8.36. The second kappa shape index (κ2) is 12.8. The smallest absolute Gasteiger partial charge is 0.419 e. The maximum Gasteiger partial charge on any atom is 0.419 e. The number of carbonyl (C=O) groups is 1. The van der Waals surface area contributed by atoms with Gasteiger partial charge in [0.05, 0.1) is 17.0 Å². The summed E-state index contributed by atoms with van der Waals surface area (Å²) in [5.74, 6) is -1.46. The average Bonchev–Trinajstić information content (AvgIpc) is 2.91. The molecule has 0 aliphatic rings. The van der Waals surface area contributed by atoms with Crippen LogP contribution in [-0.2, 0) is 31.8 Å². The van der Waals surface area contributed by atoms with E-state index in [1.807, 2.05) is 24.3 Å². The molecule has 0 heterocycles. The van der Waals surface area contributed by atoms with Crippen molar-refractivity contribution in [1.29, 1.82) is 0 Å². The molecular weight excluding hydrogens is 505 g/mol. The third kappa shape index (κ3) is 6.83. The average molecular weight is 535 g/mol. The summed E-state index contributed by atoms with van der Waals surface area (Å²) < 4.78 is 67.8. The highest BCUT2D eigenvalue weighted by atomic mass is 19.4. The number of methoxy groups -OCH3 is 3. The first kappa shape index (κ1) is 29.0. The van der Waals surface area contributed by atoms with E-state index >= 15 is 0 Å². The van der Waals surface area contributed by atoms with Gasteiger partial charge < -0.3 is 28.8 Å². The number of carboxylic acids is 1. The fourth-order valence-corrected chi connectivity index (χ4v) is 3.86. The Morgan fingerprint density at radius 2 is 1.45 bits per heavy atom. The fraction of sp³-hybridized carbons (Fsp3) is 0.321. The summed E-state index contributed by atoms with van der Waals surface area (Å²) in [5.41, 5.74) is 1.93. The summed E-state index contributed by atoms with van der Waals surface area (Å²) in [4.78, 5) is 11.2. The summed E-state index contributed by atoms with van der Waals surface area (Å²) in [7, 11) is 3.93. The van der Waals surface area contributed by atoms with Gasteiger partial charge in [0.2, 0.25) is 0 Å². The van der Waals surface area contributed by atoms with Crippen LogP contribution in [0, 0.1) is 0 Å². The predicted octanol–water partition coefficient (Wildman–Crippen LogP) is 6.41. The number of carboxylic acid groups (broad SMARTS) is 1. The molecule has 1 N–H and O–H groups in total. The van der Waals surface area contributed by atoms with Gasteiger partial charge >= 0.3 is 12.1 Å². The predicted molar refractivity (Wildman–Crippen MR) is 133 cm³/mol. The third-order valence-electron chi connectivity index (χ3n) is 5.94. The van der Waals surface area contributed by atoms with Crippen LogP contribution in [0.4, 0.5) is 13.2 Å².